The second-order valence-corrected chi connectivity index (χ2v) is 4.82. The first-order valence-corrected chi connectivity index (χ1v) is 6.45. The molecule has 1 aromatic rings. The van der Waals surface area contributed by atoms with Crippen molar-refractivity contribution in [2.24, 2.45) is 5.73 Å². The Bertz CT molecular complexity index is 459. The number of benzene rings is 1. The van der Waals surface area contributed by atoms with Crippen LogP contribution < -0.4 is 15.2 Å². The number of hydrogen-bond donors (Lipinski definition) is 2. The fourth-order valence-corrected chi connectivity index (χ4v) is 2.21. The third-order valence-electron chi connectivity index (χ3n) is 3.23. The number of carboxylic acid groups (broad SMARTS) is 1. The average Bonchev–Trinajstić information content (AvgIpc) is 2.59. The maximum Gasteiger partial charge on any atom is 0.304 e. The highest BCUT2D eigenvalue weighted by Crippen LogP contribution is 2.34. The lowest BCUT2D eigenvalue weighted by Gasteiger charge is -2.20. The zero-order valence-electron chi connectivity index (χ0n) is 11.0. The van der Waals surface area contributed by atoms with Crippen LogP contribution in [0.2, 0.25) is 0 Å². The number of carboxylic acids is 1. The molecule has 1 aliphatic heterocycles. The summed E-state index contributed by atoms with van der Waals surface area (Å²) in [5, 5.41) is 8.97. The van der Waals surface area contributed by atoms with Gasteiger partial charge in [-0.15, -0.1) is 0 Å². The lowest BCUT2D eigenvalue weighted by Crippen LogP contribution is -2.26. The molecule has 0 saturated heterocycles. The summed E-state index contributed by atoms with van der Waals surface area (Å²) in [7, 11) is 0. The highest BCUT2D eigenvalue weighted by Gasteiger charge is 2.22. The van der Waals surface area contributed by atoms with Gasteiger partial charge in [-0.2, -0.15) is 0 Å². The van der Waals surface area contributed by atoms with Crippen molar-refractivity contribution in [1.82, 2.24) is 0 Å². The van der Waals surface area contributed by atoms with E-state index >= 15 is 0 Å². The van der Waals surface area contributed by atoms with Gasteiger partial charge in [0.15, 0.2) is 11.5 Å². The van der Waals surface area contributed by atoms with Crippen LogP contribution in [0, 0.1) is 0 Å². The molecule has 2 rings (SSSR count). The fourth-order valence-electron chi connectivity index (χ4n) is 2.21. The van der Waals surface area contributed by atoms with Crippen LogP contribution in [-0.2, 0) is 4.79 Å². The molecule has 0 aliphatic carbocycles. The molecule has 2 atom stereocenters. The molecule has 1 heterocycles. The monoisotopic (exact) mass is 265 g/mol. The molecule has 0 radical (unpaired) electrons. The summed E-state index contributed by atoms with van der Waals surface area (Å²) in [5.41, 5.74) is 6.77. The summed E-state index contributed by atoms with van der Waals surface area (Å²) in [6.45, 7) is 3.06. The number of hydrogen-bond acceptors (Lipinski definition) is 4. The van der Waals surface area contributed by atoms with E-state index in [1.807, 2.05) is 25.1 Å². The van der Waals surface area contributed by atoms with Crippen LogP contribution in [0.25, 0.3) is 0 Å². The number of carbonyl (C=O) groups is 1. The van der Waals surface area contributed by atoms with E-state index in [4.69, 9.17) is 20.3 Å². The van der Waals surface area contributed by atoms with E-state index in [-0.39, 0.29) is 18.4 Å². The highest BCUT2D eigenvalue weighted by atomic mass is 16.5. The molecule has 2 unspecified atom stereocenters. The Morgan fingerprint density at radius 2 is 2.05 bits per heavy atom. The van der Waals surface area contributed by atoms with Crippen molar-refractivity contribution in [3.63, 3.8) is 0 Å². The van der Waals surface area contributed by atoms with E-state index in [1.165, 1.54) is 0 Å². The van der Waals surface area contributed by atoms with Crippen molar-refractivity contribution in [2.75, 3.05) is 13.2 Å². The number of fused-ring (bicyclic) bond motifs is 1. The van der Waals surface area contributed by atoms with Crippen LogP contribution in [0.5, 0.6) is 11.5 Å². The summed E-state index contributed by atoms with van der Waals surface area (Å²) < 4.78 is 11.2. The molecule has 19 heavy (non-hydrogen) atoms. The molecule has 0 saturated carbocycles. The second kappa shape index (κ2) is 5.93. The van der Waals surface area contributed by atoms with Gasteiger partial charge in [0, 0.05) is 18.4 Å². The Labute approximate surface area is 112 Å². The SMILES string of the molecule is CC(N)C(CC(=O)O)c1ccc2c(c1)OCCCO2. The van der Waals surface area contributed by atoms with Gasteiger partial charge in [-0.25, -0.2) is 0 Å². The van der Waals surface area contributed by atoms with Gasteiger partial charge in [0.05, 0.1) is 19.6 Å². The third-order valence-corrected chi connectivity index (χ3v) is 3.23. The van der Waals surface area contributed by atoms with Gasteiger partial charge in [-0.05, 0) is 24.6 Å². The number of nitrogens with two attached hydrogens (primary N) is 1. The van der Waals surface area contributed by atoms with Crippen LogP contribution in [0.1, 0.15) is 31.2 Å². The first-order valence-electron chi connectivity index (χ1n) is 6.45. The predicted molar refractivity (Wildman–Crippen MR) is 70.7 cm³/mol. The number of ether oxygens (including phenoxy) is 2. The zero-order valence-corrected chi connectivity index (χ0v) is 11.0. The number of aliphatic carboxylic acids is 1. The summed E-state index contributed by atoms with van der Waals surface area (Å²) in [5.74, 6) is 0.301. The van der Waals surface area contributed by atoms with Gasteiger partial charge in [0.2, 0.25) is 0 Å². The van der Waals surface area contributed by atoms with Crippen molar-refractivity contribution in [3.05, 3.63) is 23.8 Å². The summed E-state index contributed by atoms with van der Waals surface area (Å²) in [6.07, 6.45) is 0.854. The first kappa shape index (κ1) is 13.7. The van der Waals surface area contributed by atoms with Gasteiger partial charge in [-0.3, -0.25) is 4.79 Å². The molecular formula is C14H19NO4. The van der Waals surface area contributed by atoms with Crippen molar-refractivity contribution >= 4 is 5.97 Å². The van der Waals surface area contributed by atoms with E-state index in [0.717, 1.165) is 12.0 Å². The van der Waals surface area contributed by atoms with Crippen molar-refractivity contribution in [2.45, 2.75) is 31.7 Å². The minimum absolute atomic E-state index is 0.0112. The van der Waals surface area contributed by atoms with E-state index in [9.17, 15) is 4.79 Å². The molecule has 0 spiro atoms. The largest absolute Gasteiger partial charge is 0.490 e. The number of rotatable bonds is 4. The van der Waals surface area contributed by atoms with Crippen molar-refractivity contribution in [1.29, 1.82) is 0 Å². The first-order chi connectivity index (χ1) is 9.08. The maximum absolute atomic E-state index is 10.9. The van der Waals surface area contributed by atoms with Crippen molar-refractivity contribution in [3.8, 4) is 11.5 Å². The van der Waals surface area contributed by atoms with E-state index in [1.54, 1.807) is 0 Å². The Morgan fingerprint density at radius 1 is 1.37 bits per heavy atom. The Morgan fingerprint density at radius 3 is 2.68 bits per heavy atom. The van der Waals surface area contributed by atoms with Gasteiger partial charge < -0.3 is 20.3 Å². The summed E-state index contributed by atoms with van der Waals surface area (Å²) in [6, 6.07) is 5.30. The molecule has 3 N–H and O–H groups in total. The van der Waals surface area contributed by atoms with Gasteiger partial charge in [0.25, 0.3) is 0 Å². The quantitative estimate of drug-likeness (QED) is 0.866. The Hall–Kier alpha value is -1.75. The minimum Gasteiger partial charge on any atom is -0.490 e. The standard InChI is InChI=1S/C14H19NO4/c1-9(15)11(8-14(16)17)10-3-4-12-13(7-10)19-6-2-5-18-12/h3-4,7,9,11H,2,5-6,8,15H2,1H3,(H,16,17). The fraction of sp³-hybridized carbons (Fsp3) is 0.500. The van der Waals surface area contributed by atoms with Gasteiger partial charge in [-0.1, -0.05) is 6.07 Å². The maximum atomic E-state index is 10.9. The molecule has 0 aromatic heterocycles. The highest BCUT2D eigenvalue weighted by molar-refractivity contribution is 5.68. The third kappa shape index (κ3) is 3.38. The zero-order chi connectivity index (χ0) is 13.8. The molecule has 1 aliphatic rings. The van der Waals surface area contributed by atoms with E-state index in [0.29, 0.717) is 24.7 Å². The minimum atomic E-state index is -0.852. The van der Waals surface area contributed by atoms with Crippen LogP contribution in [0.3, 0.4) is 0 Å². The van der Waals surface area contributed by atoms with Crippen LogP contribution in [0.15, 0.2) is 18.2 Å². The normalized spacial score (nSPS) is 17.4. The Balaban J connectivity index is 2.28. The molecule has 0 amide bonds. The second-order valence-electron chi connectivity index (χ2n) is 4.82. The molecule has 104 valence electrons. The predicted octanol–water partition coefficient (Wildman–Crippen LogP) is 1.75. The topological polar surface area (TPSA) is 81.8 Å². The van der Waals surface area contributed by atoms with Gasteiger partial charge >= 0.3 is 5.97 Å². The average molecular weight is 265 g/mol. The molecule has 1 aromatic carbocycles. The van der Waals surface area contributed by atoms with Crippen LogP contribution in [0.4, 0.5) is 0 Å². The van der Waals surface area contributed by atoms with E-state index < -0.39 is 5.97 Å². The van der Waals surface area contributed by atoms with Crippen molar-refractivity contribution < 1.29 is 19.4 Å². The molecule has 5 nitrogen and oxygen atoms in total. The summed E-state index contributed by atoms with van der Waals surface area (Å²) >= 11 is 0. The van der Waals surface area contributed by atoms with E-state index in [2.05, 4.69) is 0 Å². The smallest absolute Gasteiger partial charge is 0.304 e. The summed E-state index contributed by atoms with van der Waals surface area (Å²) in [4.78, 5) is 10.9. The lowest BCUT2D eigenvalue weighted by atomic mass is 9.89. The van der Waals surface area contributed by atoms with Crippen LogP contribution in [-0.4, -0.2) is 30.3 Å². The van der Waals surface area contributed by atoms with Crippen LogP contribution >= 0.6 is 0 Å². The molecular weight excluding hydrogens is 246 g/mol. The van der Waals surface area contributed by atoms with Gasteiger partial charge in [0.1, 0.15) is 0 Å². The molecule has 5 heteroatoms. The molecule has 0 fully saturated rings. The molecule has 0 bridgehead atoms. The Kier molecular flexibility index (Phi) is 4.27. The lowest BCUT2D eigenvalue weighted by molar-refractivity contribution is -0.137.